The second-order valence-corrected chi connectivity index (χ2v) is 7.97. The Bertz CT molecular complexity index is 229. The van der Waals surface area contributed by atoms with Crippen molar-refractivity contribution >= 4 is 8.72 Å². The zero-order valence-electron chi connectivity index (χ0n) is 11.6. The van der Waals surface area contributed by atoms with Gasteiger partial charge in [0.05, 0.1) is 0 Å². The van der Waals surface area contributed by atoms with E-state index in [4.69, 9.17) is 8.85 Å². The number of hydrogen-bond donors (Lipinski definition) is 0. The summed E-state index contributed by atoms with van der Waals surface area (Å²) in [6.45, 7) is 3.33. The van der Waals surface area contributed by atoms with Crippen LogP contribution in [-0.4, -0.2) is 34.1 Å². The smallest absolute Gasteiger partial charge is 0.382 e. The summed E-state index contributed by atoms with van der Waals surface area (Å²) in [7, 11) is 1.52. The van der Waals surface area contributed by atoms with Gasteiger partial charge in [0.1, 0.15) is 0 Å². The van der Waals surface area contributed by atoms with E-state index < -0.39 is 8.72 Å². The fourth-order valence-electron chi connectivity index (χ4n) is 2.39. The van der Waals surface area contributed by atoms with E-state index in [9.17, 15) is 0 Å². The molecule has 0 radical (unpaired) electrons. The third-order valence-electron chi connectivity index (χ3n) is 3.48. The minimum Gasteiger partial charge on any atom is -0.382 e. The first-order chi connectivity index (χ1) is 8.29. The average Bonchev–Trinajstić information content (AvgIpc) is 2.77. The predicted octanol–water partition coefficient (Wildman–Crippen LogP) is 3.41. The third kappa shape index (κ3) is 4.12. The third-order valence-corrected chi connectivity index (χ3v) is 6.99. The molecular formula is C13H27NO2Si. The SMILES string of the molecule is CCCCCCC=CN1CCC[Si]1(OC)OC. The zero-order valence-corrected chi connectivity index (χ0v) is 12.6. The molecule has 100 valence electrons. The summed E-state index contributed by atoms with van der Waals surface area (Å²) in [5.41, 5.74) is 0. The minimum absolute atomic E-state index is 1.08. The van der Waals surface area contributed by atoms with Crippen LogP contribution in [0.15, 0.2) is 12.3 Å². The normalized spacial score (nSPS) is 19.4. The average molecular weight is 257 g/mol. The molecule has 0 aromatic rings. The lowest BCUT2D eigenvalue weighted by molar-refractivity contribution is 0.203. The van der Waals surface area contributed by atoms with Gasteiger partial charge in [-0.05, 0) is 25.5 Å². The van der Waals surface area contributed by atoms with Crippen LogP contribution >= 0.6 is 0 Å². The molecule has 0 aromatic carbocycles. The van der Waals surface area contributed by atoms with Crippen LogP contribution in [0.25, 0.3) is 0 Å². The van der Waals surface area contributed by atoms with Gasteiger partial charge in [-0.15, -0.1) is 0 Å². The van der Waals surface area contributed by atoms with Crippen LogP contribution in [0.4, 0.5) is 0 Å². The van der Waals surface area contributed by atoms with Gasteiger partial charge in [-0.3, -0.25) is 0 Å². The lowest BCUT2D eigenvalue weighted by atomic mass is 10.1. The predicted molar refractivity (Wildman–Crippen MR) is 73.8 cm³/mol. The van der Waals surface area contributed by atoms with Crippen LogP contribution in [0.3, 0.4) is 0 Å². The van der Waals surface area contributed by atoms with Crippen molar-refractivity contribution < 1.29 is 8.85 Å². The molecule has 4 heteroatoms. The second kappa shape index (κ2) is 7.90. The van der Waals surface area contributed by atoms with Crippen LogP contribution in [0.5, 0.6) is 0 Å². The molecule has 0 saturated carbocycles. The Kier molecular flexibility index (Phi) is 6.85. The Morgan fingerprint density at radius 3 is 2.59 bits per heavy atom. The fourth-order valence-corrected chi connectivity index (χ4v) is 5.15. The quantitative estimate of drug-likeness (QED) is 0.491. The molecule has 0 aromatic heterocycles. The molecule has 0 atom stereocenters. The van der Waals surface area contributed by atoms with Gasteiger partial charge in [0.15, 0.2) is 0 Å². The number of hydrogen-bond acceptors (Lipinski definition) is 3. The molecule has 3 nitrogen and oxygen atoms in total. The number of unbranched alkanes of at least 4 members (excludes halogenated alkanes) is 4. The molecule has 17 heavy (non-hydrogen) atoms. The zero-order chi connectivity index (χ0) is 12.6. The first kappa shape index (κ1) is 14.7. The van der Waals surface area contributed by atoms with Crippen LogP contribution < -0.4 is 0 Å². The molecule has 1 fully saturated rings. The van der Waals surface area contributed by atoms with Crippen LogP contribution in [0.1, 0.15) is 45.4 Å². The summed E-state index contributed by atoms with van der Waals surface area (Å²) in [5, 5.41) is 0. The van der Waals surface area contributed by atoms with Crippen LogP contribution in [0.2, 0.25) is 6.04 Å². The summed E-state index contributed by atoms with van der Waals surface area (Å²) in [6, 6.07) is 1.08. The van der Waals surface area contributed by atoms with Crippen molar-refractivity contribution in [1.82, 2.24) is 4.57 Å². The maximum Gasteiger partial charge on any atom is 0.458 e. The highest BCUT2D eigenvalue weighted by atomic mass is 28.4. The lowest BCUT2D eigenvalue weighted by Crippen LogP contribution is -2.50. The van der Waals surface area contributed by atoms with Gasteiger partial charge in [0, 0.05) is 26.8 Å². The monoisotopic (exact) mass is 257 g/mol. The molecule has 0 spiro atoms. The summed E-state index contributed by atoms with van der Waals surface area (Å²) < 4.78 is 13.6. The van der Waals surface area contributed by atoms with Gasteiger partial charge in [0.25, 0.3) is 0 Å². The van der Waals surface area contributed by atoms with E-state index in [0.717, 1.165) is 12.6 Å². The van der Waals surface area contributed by atoms with E-state index in [0.29, 0.717) is 0 Å². The Morgan fingerprint density at radius 1 is 1.18 bits per heavy atom. The molecule has 0 aliphatic carbocycles. The first-order valence-electron chi connectivity index (χ1n) is 6.83. The summed E-state index contributed by atoms with van der Waals surface area (Å²) >= 11 is 0. The van der Waals surface area contributed by atoms with Crippen LogP contribution in [-0.2, 0) is 8.85 Å². The summed E-state index contributed by atoms with van der Waals surface area (Å²) in [6.07, 6.45) is 12.2. The van der Waals surface area contributed by atoms with E-state index in [-0.39, 0.29) is 0 Å². The minimum atomic E-state index is -2.04. The topological polar surface area (TPSA) is 21.7 Å². The highest BCUT2D eigenvalue weighted by molar-refractivity contribution is 6.65. The molecular weight excluding hydrogens is 230 g/mol. The number of allylic oxidation sites excluding steroid dienone is 1. The molecule has 1 saturated heterocycles. The molecule has 1 aliphatic rings. The first-order valence-corrected chi connectivity index (χ1v) is 8.80. The molecule has 0 N–H and O–H groups in total. The van der Waals surface area contributed by atoms with E-state index in [2.05, 4.69) is 23.8 Å². The maximum absolute atomic E-state index is 5.65. The van der Waals surface area contributed by atoms with Gasteiger partial charge in [-0.25, -0.2) is 0 Å². The number of rotatable bonds is 8. The largest absolute Gasteiger partial charge is 0.458 e. The number of nitrogens with zero attached hydrogens (tertiary/aromatic N) is 1. The molecule has 0 bridgehead atoms. The van der Waals surface area contributed by atoms with Crippen molar-refractivity contribution in [3.63, 3.8) is 0 Å². The van der Waals surface area contributed by atoms with Crippen molar-refractivity contribution in [1.29, 1.82) is 0 Å². The van der Waals surface area contributed by atoms with E-state index in [1.807, 2.05) is 0 Å². The Hall–Kier alpha value is -0.323. The lowest BCUT2D eigenvalue weighted by Gasteiger charge is -2.30. The second-order valence-electron chi connectivity index (χ2n) is 4.65. The van der Waals surface area contributed by atoms with Gasteiger partial charge in [-0.2, -0.15) is 0 Å². The molecule has 1 aliphatic heterocycles. The molecule has 0 amide bonds. The molecule has 1 heterocycles. The fraction of sp³-hybridized carbons (Fsp3) is 0.846. The van der Waals surface area contributed by atoms with Crippen molar-refractivity contribution in [3.05, 3.63) is 12.3 Å². The van der Waals surface area contributed by atoms with Gasteiger partial charge < -0.3 is 13.4 Å². The van der Waals surface area contributed by atoms with Crippen molar-refractivity contribution in [2.24, 2.45) is 0 Å². The highest BCUT2D eigenvalue weighted by Crippen LogP contribution is 2.27. The van der Waals surface area contributed by atoms with Crippen molar-refractivity contribution in [2.45, 2.75) is 51.5 Å². The molecule has 1 rings (SSSR count). The van der Waals surface area contributed by atoms with E-state index in [1.165, 1.54) is 38.5 Å². The standard InChI is InChI=1S/C13H27NO2Si/c1-4-5-6-7-8-9-11-14-12-10-13-17(14,15-2)16-3/h9,11H,4-8,10,12-13H2,1-3H3. The van der Waals surface area contributed by atoms with Crippen LogP contribution in [0, 0.1) is 0 Å². The Morgan fingerprint density at radius 2 is 1.94 bits per heavy atom. The van der Waals surface area contributed by atoms with Crippen molar-refractivity contribution in [3.8, 4) is 0 Å². The summed E-state index contributed by atoms with van der Waals surface area (Å²) in [4.78, 5) is 0. The van der Waals surface area contributed by atoms with Crippen molar-refractivity contribution in [2.75, 3.05) is 20.8 Å². The van der Waals surface area contributed by atoms with Gasteiger partial charge in [-0.1, -0.05) is 32.3 Å². The van der Waals surface area contributed by atoms with E-state index >= 15 is 0 Å². The van der Waals surface area contributed by atoms with Gasteiger partial charge >= 0.3 is 8.72 Å². The summed E-state index contributed by atoms with van der Waals surface area (Å²) in [5.74, 6) is 0. The van der Waals surface area contributed by atoms with Gasteiger partial charge in [0.2, 0.25) is 0 Å². The molecule has 0 unspecified atom stereocenters. The maximum atomic E-state index is 5.65. The Balaban J connectivity index is 2.31. The highest BCUT2D eigenvalue weighted by Gasteiger charge is 2.46. The van der Waals surface area contributed by atoms with E-state index in [1.54, 1.807) is 14.2 Å². The Labute approximate surface area is 107 Å².